The third-order valence-corrected chi connectivity index (χ3v) is 4.22. The Kier molecular flexibility index (Phi) is 5.67. The Morgan fingerprint density at radius 3 is 2.40 bits per heavy atom. The average molecular weight is 338 g/mol. The second-order valence-corrected chi connectivity index (χ2v) is 6.08. The lowest BCUT2D eigenvalue weighted by Crippen LogP contribution is -2.40. The molecule has 1 N–H and O–H groups in total. The number of carbonyl (C=O) groups excluding carboxylic acids is 2. The van der Waals surface area contributed by atoms with Crippen LogP contribution >= 0.6 is 0 Å². The molecule has 1 heterocycles. The van der Waals surface area contributed by atoms with Crippen molar-refractivity contribution in [2.75, 3.05) is 19.7 Å². The van der Waals surface area contributed by atoms with Crippen LogP contribution in [0.15, 0.2) is 60.7 Å². The first kappa shape index (κ1) is 17.0. The van der Waals surface area contributed by atoms with Gasteiger partial charge in [-0.25, -0.2) is 0 Å². The molecule has 5 nitrogen and oxygen atoms in total. The zero-order valence-electron chi connectivity index (χ0n) is 14.1. The number of benzene rings is 2. The van der Waals surface area contributed by atoms with Crippen LogP contribution in [-0.4, -0.2) is 36.4 Å². The maximum Gasteiger partial charge on any atom is 0.258 e. The van der Waals surface area contributed by atoms with E-state index in [9.17, 15) is 9.59 Å². The molecule has 0 bridgehead atoms. The molecule has 1 saturated heterocycles. The van der Waals surface area contributed by atoms with Gasteiger partial charge in [-0.15, -0.1) is 0 Å². The summed E-state index contributed by atoms with van der Waals surface area (Å²) in [5.74, 6) is 0.601. The van der Waals surface area contributed by atoms with Crippen LogP contribution in [0.1, 0.15) is 24.4 Å². The van der Waals surface area contributed by atoms with Gasteiger partial charge in [-0.3, -0.25) is 9.59 Å². The SMILES string of the molecule is O=C(COc1ccccc1)N[C@@H](CN1CCCC1=O)c1ccccc1. The van der Waals surface area contributed by atoms with Gasteiger partial charge in [-0.05, 0) is 24.1 Å². The van der Waals surface area contributed by atoms with Crippen molar-refractivity contribution in [3.63, 3.8) is 0 Å². The number of rotatable bonds is 7. The van der Waals surface area contributed by atoms with Crippen LogP contribution in [-0.2, 0) is 9.59 Å². The van der Waals surface area contributed by atoms with Gasteiger partial charge in [0.2, 0.25) is 5.91 Å². The molecule has 5 heteroatoms. The molecule has 1 aliphatic rings. The number of nitrogens with zero attached hydrogens (tertiary/aromatic N) is 1. The van der Waals surface area contributed by atoms with Gasteiger partial charge < -0.3 is 15.0 Å². The summed E-state index contributed by atoms with van der Waals surface area (Å²) in [7, 11) is 0. The second-order valence-electron chi connectivity index (χ2n) is 6.08. The number of carbonyl (C=O) groups is 2. The number of hydrogen-bond acceptors (Lipinski definition) is 3. The number of likely N-dealkylation sites (tertiary alicyclic amines) is 1. The molecular weight excluding hydrogens is 316 g/mol. The second kappa shape index (κ2) is 8.33. The van der Waals surface area contributed by atoms with Crippen molar-refractivity contribution in [1.29, 1.82) is 0 Å². The third kappa shape index (κ3) is 4.83. The minimum absolute atomic E-state index is 0.0543. The topological polar surface area (TPSA) is 58.6 Å². The fraction of sp³-hybridized carbons (Fsp3) is 0.300. The number of para-hydroxylation sites is 1. The zero-order chi connectivity index (χ0) is 17.5. The molecule has 0 unspecified atom stereocenters. The molecule has 2 aromatic rings. The van der Waals surface area contributed by atoms with Gasteiger partial charge in [-0.2, -0.15) is 0 Å². The summed E-state index contributed by atoms with van der Waals surface area (Å²) in [6.45, 7) is 1.18. The molecule has 25 heavy (non-hydrogen) atoms. The number of nitrogens with one attached hydrogen (secondary N) is 1. The van der Waals surface area contributed by atoms with Crippen LogP contribution < -0.4 is 10.1 Å². The molecule has 0 spiro atoms. The Balaban J connectivity index is 1.62. The largest absolute Gasteiger partial charge is 0.484 e. The fourth-order valence-corrected chi connectivity index (χ4v) is 2.94. The summed E-state index contributed by atoms with van der Waals surface area (Å²) in [5.41, 5.74) is 0.982. The van der Waals surface area contributed by atoms with E-state index in [1.165, 1.54) is 0 Å². The van der Waals surface area contributed by atoms with Crippen molar-refractivity contribution < 1.29 is 14.3 Å². The molecule has 1 atom stereocenters. The monoisotopic (exact) mass is 338 g/mol. The summed E-state index contributed by atoms with van der Waals surface area (Å²) in [6.07, 6.45) is 1.47. The van der Waals surface area contributed by atoms with Crippen LogP contribution in [0.25, 0.3) is 0 Å². The van der Waals surface area contributed by atoms with E-state index >= 15 is 0 Å². The summed E-state index contributed by atoms with van der Waals surface area (Å²) in [5, 5.41) is 2.99. The van der Waals surface area contributed by atoms with Crippen molar-refractivity contribution in [1.82, 2.24) is 10.2 Å². The average Bonchev–Trinajstić information content (AvgIpc) is 3.06. The Morgan fingerprint density at radius 2 is 1.76 bits per heavy atom. The summed E-state index contributed by atoms with van der Waals surface area (Å²) >= 11 is 0. The quantitative estimate of drug-likeness (QED) is 0.844. The predicted octanol–water partition coefficient (Wildman–Crippen LogP) is 2.55. The molecule has 1 aliphatic heterocycles. The molecule has 0 saturated carbocycles. The fourth-order valence-electron chi connectivity index (χ4n) is 2.94. The highest BCUT2D eigenvalue weighted by atomic mass is 16.5. The van der Waals surface area contributed by atoms with E-state index in [1.54, 1.807) is 0 Å². The highest BCUT2D eigenvalue weighted by Gasteiger charge is 2.25. The Labute approximate surface area is 147 Å². The first-order valence-electron chi connectivity index (χ1n) is 8.52. The van der Waals surface area contributed by atoms with Crippen molar-refractivity contribution >= 4 is 11.8 Å². The highest BCUT2D eigenvalue weighted by Crippen LogP contribution is 2.18. The van der Waals surface area contributed by atoms with E-state index in [1.807, 2.05) is 65.6 Å². The lowest BCUT2D eigenvalue weighted by atomic mass is 10.1. The zero-order valence-corrected chi connectivity index (χ0v) is 14.1. The summed E-state index contributed by atoms with van der Waals surface area (Å²) in [4.78, 5) is 26.1. The van der Waals surface area contributed by atoms with Crippen LogP contribution in [0.5, 0.6) is 5.75 Å². The number of ether oxygens (including phenoxy) is 1. The van der Waals surface area contributed by atoms with Crippen molar-refractivity contribution in [2.24, 2.45) is 0 Å². The van der Waals surface area contributed by atoms with E-state index in [2.05, 4.69) is 5.32 Å². The third-order valence-electron chi connectivity index (χ3n) is 4.22. The first-order chi connectivity index (χ1) is 12.2. The molecule has 1 fully saturated rings. The van der Waals surface area contributed by atoms with E-state index in [-0.39, 0.29) is 24.5 Å². The smallest absolute Gasteiger partial charge is 0.258 e. The molecule has 130 valence electrons. The lowest BCUT2D eigenvalue weighted by Gasteiger charge is -2.25. The van der Waals surface area contributed by atoms with Crippen LogP contribution in [0.3, 0.4) is 0 Å². The summed E-state index contributed by atoms with van der Waals surface area (Å²) in [6, 6.07) is 18.7. The predicted molar refractivity (Wildman–Crippen MR) is 95.1 cm³/mol. The van der Waals surface area contributed by atoms with E-state index in [0.29, 0.717) is 18.7 Å². The number of hydrogen-bond donors (Lipinski definition) is 1. The molecule has 3 rings (SSSR count). The molecule has 2 amide bonds. The standard InChI is InChI=1S/C20H22N2O3/c23-19(15-25-17-10-5-2-6-11-17)21-18(16-8-3-1-4-9-16)14-22-13-7-12-20(22)24/h1-6,8-11,18H,7,12-15H2,(H,21,23)/t18-/m0/s1. The lowest BCUT2D eigenvalue weighted by molar-refractivity contribution is -0.129. The molecule has 2 aromatic carbocycles. The van der Waals surface area contributed by atoms with Gasteiger partial charge in [0.25, 0.3) is 5.91 Å². The van der Waals surface area contributed by atoms with Crippen LogP contribution in [0, 0.1) is 0 Å². The van der Waals surface area contributed by atoms with Gasteiger partial charge in [0.05, 0.1) is 6.04 Å². The van der Waals surface area contributed by atoms with Gasteiger partial charge >= 0.3 is 0 Å². The van der Waals surface area contributed by atoms with E-state index < -0.39 is 0 Å². The van der Waals surface area contributed by atoms with E-state index in [0.717, 1.165) is 18.5 Å². The summed E-state index contributed by atoms with van der Waals surface area (Å²) < 4.78 is 5.50. The van der Waals surface area contributed by atoms with Crippen molar-refractivity contribution in [2.45, 2.75) is 18.9 Å². The minimum atomic E-state index is -0.241. The Bertz CT molecular complexity index is 703. The van der Waals surface area contributed by atoms with Gasteiger partial charge in [0.15, 0.2) is 6.61 Å². The van der Waals surface area contributed by atoms with Gasteiger partial charge in [0.1, 0.15) is 5.75 Å². The van der Waals surface area contributed by atoms with Crippen molar-refractivity contribution in [3.05, 3.63) is 66.2 Å². The van der Waals surface area contributed by atoms with Crippen LogP contribution in [0.2, 0.25) is 0 Å². The minimum Gasteiger partial charge on any atom is -0.484 e. The Morgan fingerprint density at radius 1 is 1.08 bits per heavy atom. The first-order valence-corrected chi connectivity index (χ1v) is 8.52. The molecule has 0 aromatic heterocycles. The van der Waals surface area contributed by atoms with Gasteiger partial charge in [-0.1, -0.05) is 48.5 Å². The van der Waals surface area contributed by atoms with Crippen LogP contribution in [0.4, 0.5) is 0 Å². The van der Waals surface area contributed by atoms with Crippen molar-refractivity contribution in [3.8, 4) is 5.75 Å². The maximum absolute atomic E-state index is 12.3. The maximum atomic E-state index is 12.3. The molecule has 0 aliphatic carbocycles. The molecule has 0 radical (unpaired) electrons. The van der Waals surface area contributed by atoms with Gasteiger partial charge in [0, 0.05) is 19.5 Å². The normalized spacial score (nSPS) is 15.0. The van der Waals surface area contributed by atoms with E-state index in [4.69, 9.17) is 4.74 Å². The highest BCUT2D eigenvalue weighted by molar-refractivity contribution is 5.79. The number of amides is 2. The Hall–Kier alpha value is -2.82. The molecular formula is C20H22N2O3.